The summed E-state index contributed by atoms with van der Waals surface area (Å²) in [4.78, 5) is 2.61. The largest absolute Gasteiger partial charge is 0.367 e. The van der Waals surface area contributed by atoms with Crippen LogP contribution in [0.3, 0.4) is 0 Å². The first-order chi connectivity index (χ1) is 9.13. The van der Waals surface area contributed by atoms with Gasteiger partial charge in [-0.3, -0.25) is 4.90 Å². The highest BCUT2D eigenvalue weighted by atomic mass is 16.5. The van der Waals surface area contributed by atoms with E-state index < -0.39 is 0 Å². The van der Waals surface area contributed by atoms with E-state index in [-0.39, 0.29) is 11.2 Å². The number of nitrogens with one attached hydrogen (secondary N) is 1. The molecule has 0 aromatic rings. The molecule has 1 heterocycles. The standard InChI is InChI=1S/C17H34N2O/c1-7-17(6,10-18-14-8-9-14)13-19-11-15(2,3)20-16(4,5)12-19/h14,18H,7-13H2,1-6H3. The fourth-order valence-corrected chi connectivity index (χ4v) is 3.57. The lowest BCUT2D eigenvalue weighted by Gasteiger charge is -2.49. The van der Waals surface area contributed by atoms with Crippen LogP contribution in [0.5, 0.6) is 0 Å². The van der Waals surface area contributed by atoms with Crippen molar-refractivity contribution in [2.24, 2.45) is 5.41 Å². The third-order valence-electron chi connectivity index (χ3n) is 4.62. The van der Waals surface area contributed by atoms with Gasteiger partial charge in [-0.2, -0.15) is 0 Å². The Hall–Kier alpha value is -0.120. The van der Waals surface area contributed by atoms with Crippen LogP contribution in [-0.4, -0.2) is 48.3 Å². The number of ether oxygens (including phenoxy) is 1. The summed E-state index contributed by atoms with van der Waals surface area (Å²) in [6, 6.07) is 0.804. The number of morpholine rings is 1. The minimum absolute atomic E-state index is 0.0413. The summed E-state index contributed by atoms with van der Waals surface area (Å²) >= 11 is 0. The molecule has 1 aliphatic heterocycles. The molecular formula is C17H34N2O. The Morgan fingerprint density at radius 3 is 2.15 bits per heavy atom. The lowest BCUT2D eigenvalue weighted by molar-refractivity contribution is -0.184. The maximum Gasteiger partial charge on any atom is 0.0760 e. The topological polar surface area (TPSA) is 24.5 Å². The van der Waals surface area contributed by atoms with Crippen molar-refractivity contribution in [3.05, 3.63) is 0 Å². The van der Waals surface area contributed by atoms with Crippen LogP contribution in [0.4, 0.5) is 0 Å². The zero-order valence-electron chi connectivity index (χ0n) is 14.4. The first-order valence-electron chi connectivity index (χ1n) is 8.29. The van der Waals surface area contributed by atoms with Gasteiger partial charge in [-0.15, -0.1) is 0 Å². The Balaban J connectivity index is 1.94. The van der Waals surface area contributed by atoms with E-state index in [1.54, 1.807) is 0 Å². The summed E-state index contributed by atoms with van der Waals surface area (Å²) in [5, 5.41) is 3.72. The van der Waals surface area contributed by atoms with E-state index in [9.17, 15) is 0 Å². The molecule has 0 radical (unpaired) electrons. The molecule has 1 aliphatic carbocycles. The lowest BCUT2D eigenvalue weighted by atomic mass is 9.85. The number of rotatable bonds is 6. The van der Waals surface area contributed by atoms with E-state index in [1.807, 2.05) is 0 Å². The van der Waals surface area contributed by atoms with Crippen LogP contribution in [0.15, 0.2) is 0 Å². The second-order valence-corrected chi connectivity index (χ2v) is 8.59. The number of hydrogen-bond donors (Lipinski definition) is 1. The van der Waals surface area contributed by atoms with Crippen LogP contribution in [0.25, 0.3) is 0 Å². The van der Waals surface area contributed by atoms with Gasteiger partial charge in [0, 0.05) is 32.2 Å². The van der Waals surface area contributed by atoms with Gasteiger partial charge in [0.2, 0.25) is 0 Å². The molecule has 0 spiro atoms. The fourth-order valence-electron chi connectivity index (χ4n) is 3.57. The summed E-state index contributed by atoms with van der Waals surface area (Å²) < 4.78 is 6.19. The smallest absolute Gasteiger partial charge is 0.0760 e. The first-order valence-corrected chi connectivity index (χ1v) is 8.29. The maximum atomic E-state index is 6.19. The third kappa shape index (κ3) is 4.71. The van der Waals surface area contributed by atoms with Crippen molar-refractivity contribution in [1.29, 1.82) is 0 Å². The molecule has 2 fully saturated rings. The third-order valence-corrected chi connectivity index (χ3v) is 4.62. The molecular weight excluding hydrogens is 248 g/mol. The Labute approximate surface area is 125 Å². The van der Waals surface area contributed by atoms with Crippen LogP contribution in [0.2, 0.25) is 0 Å². The van der Waals surface area contributed by atoms with Crippen LogP contribution in [0, 0.1) is 5.41 Å². The highest BCUT2D eigenvalue weighted by Gasteiger charge is 2.40. The molecule has 3 heteroatoms. The molecule has 0 bridgehead atoms. The molecule has 1 saturated heterocycles. The van der Waals surface area contributed by atoms with Crippen molar-refractivity contribution < 1.29 is 4.74 Å². The maximum absolute atomic E-state index is 6.19. The molecule has 118 valence electrons. The van der Waals surface area contributed by atoms with Gasteiger partial charge in [-0.1, -0.05) is 13.8 Å². The Kier molecular flexibility index (Phi) is 4.54. The van der Waals surface area contributed by atoms with Gasteiger partial charge in [0.15, 0.2) is 0 Å². The van der Waals surface area contributed by atoms with Crippen molar-refractivity contribution in [1.82, 2.24) is 10.2 Å². The van der Waals surface area contributed by atoms with E-state index in [0.29, 0.717) is 5.41 Å². The summed E-state index contributed by atoms with van der Waals surface area (Å²) in [5.41, 5.74) is 0.284. The Bertz CT molecular complexity index is 320. The number of nitrogens with zero attached hydrogens (tertiary/aromatic N) is 1. The van der Waals surface area contributed by atoms with Gasteiger partial charge < -0.3 is 10.1 Å². The molecule has 0 aromatic carbocycles. The monoisotopic (exact) mass is 282 g/mol. The summed E-state index contributed by atoms with van der Waals surface area (Å²) in [6.45, 7) is 18.0. The first kappa shape index (κ1) is 16.3. The normalized spacial score (nSPS) is 29.1. The highest BCUT2D eigenvalue weighted by molar-refractivity contribution is 4.93. The van der Waals surface area contributed by atoms with Crippen LogP contribution in [-0.2, 0) is 4.74 Å². The van der Waals surface area contributed by atoms with Gasteiger partial charge in [-0.25, -0.2) is 0 Å². The predicted molar refractivity (Wildman–Crippen MR) is 85.1 cm³/mol. The highest BCUT2D eigenvalue weighted by Crippen LogP contribution is 2.32. The molecule has 2 rings (SSSR count). The predicted octanol–water partition coefficient (Wildman–Crippen LogP) is 3.04. The van der Waals surface area contributed by atoms with Crippen LogP contribution in [0.1, 0.15) is 60.8 Å². The zero-order chi connectivity index (χ0) is 15.0. The number of hydrogen-bond acceptors (Lipinski definition) is 3. The molecule has 2 aliphatic rings. The van der Waals surface area contributed by atoms with Crippen molar-refractivity contribution >= 4 is 0 Å². The van der Waals surface area contributed by atoms with Gasteiger partial charge in [0.1, 0.15) is 0 Å². The SMILES string of the molecule is CCC(C)(CNC1CC1)CN1CC(C)(C)OC(C)(C)C1. The Morgan fingerprint density at radius 1 is 1.15 bits per heavy atom. The van der Waals surface area contributed by atoms with Gasteiger partial charge in [0.25, 0.3) is 0 Å². The van der Waals surface area contributed by atoms with Crippen molar-refractivity contribution in [2.75, 3.05) is 26.2 Å². The molecule has 0 aromatic heterocycles. The second kappa shape index (κ2) is 5.58. The van der Waals surface area contributed by atoms with E-state index >= 15 is 0 Å². The molecule has 0 amide bonds. The minimum Gasteiger partial charge on any atom is -0.367 e. The van der Waals surface area contributed by atoms with E-state index in [2.05, 4.69) is 51.8 Å². The summed E-state index contributed by atoms with van der Waals surface area (Å²) in [7, 11) is 0. The van der Waals surface area contributed by atoms with E-state index in [0.717, 1.165) is 25.7 Å². The quantitative estimate of drug-likeness (QED) is 0.810. The lowest BCUT2D eigenvalue weighted by Crippen LogP contribution is -2.59. The average molecular weight is 282 g/mol. The minimum atomic E-state index is -0.0413. The molecule has 1 N–H and O–H groups in total. The van der Waals surface area contributed by atoms with Gasteiger partial charge in [-0.05, 0) is 52.4 Å². The zero-order valence-corrected chi connectivity index (χ0v) is 14.4. The van der Waals surface area contributed by atoms with E-state index in [1.165, 1.54) is 25.8 Å². The van der Waals surface area contributed by atoms with Gasteiger partial charge >= 0.3 is 0 Å². The molecule has 1 saturated carbocycles. The second-order valence-electron chi connectivity index (χ2n) is 8.59. The molecule has 3 nitrogen and oxygen atoms in total. The van der Waals surface area contributed by atoms with Gasteiger partial charge in [0.05, 0.1) is 11.2 Å². The van der Waals surface area contributed by atoms with Crippen molar-refractivity contribution in [2.45, 2.75) is 78.0 Å². The average Bonchev–Trinajstić information content (AvgIpc) is 3.05. The van der Waals surface area contributed by atoms with Crippen molar-refractivity contribution in [3.63, 3.8) is 0 Å². The Morgan fingerprint density at radius 2 is 1.70 bits per heavy atom. The van der Waals surface area contributed by atoms with Crippen molar-refractivity contribution in [3.8, 4) is 0 Å². The molecule has 1 atom stereocenters. The molecule has 1 unspecified atom stereocenters. The summed E-state index contributed by atoms with van der Waals surface area (Å²) in [6.07, 6.45) is 3.97. The fraction of sp³-hybridized carbons (Fsp3) is 1.00. The molecule has 20 heavy (non-hydrogen) atoms. The summed E-state index contributed by atoms with van der Waals surface area (Å²) in [5.74, 6) is 0. The van der Waals surface area contributed by atoms with Crippen LogP contribution < -0.4 is 5.32 Å². The van der Waals surface area contributed by atoms with E-state index in [4.69, 9.17) is 4.74 Å². The van der Waals surface area contributed by atoms with Crippen LogP contribution >= 0.6 is 0 Å².